The molecule has 0 amide bonds. The van der Waals surface area contributed by atoms with Crippen LogP contribution in [0.3, 0.4) is 0 Å². The first-order chi connectivity index (χ1) is 29.0. The Morgan fingerprint density at radius 2 is 1.05 bits per heavy atom. The molecule has 0 bridgehead atoms. The average Bonchev–Trinajstić information content (AvgIpc) is 3.44. The Balaban J connectivity index is 0.000000192. The third-order valence-corrected chi connectivity index (χ3v) is 9.47. The van der Waals surface area contributed by atoms with Crippen molar-refractivity contribution in [3.8, 4) is 34.5 Å². The minimum absolute atomic E-state index is 0.0248. The quantitative estimate of drug-likeness (QED) is 0.0845. The number of hydrogen-bond donors (Lipinski definition) is 2. The number of alkyl halides is 6. The van der Waals surface area contributed by atoms with Gasteiger partial charge < -0.3 is 29.0 Å². The van der Waals surface area contributed by atoms with E-state index in [9.17, 15) is 35.9 Å². The van der Waals surface area contributed by atoms with Crippen LogP contribution in [-0.2, 0) is 21.7 Å². The van der Waals surface area contributed by atoms with E-state index < -0.39 is 53.7 Å². The second-order valence-electron chi connectivity index (χ2n) is 14.0. The van der Waals surface area contributed by atoms with Crippen molar-refractivity contribution in [2.24, 2.45) is 0 Å². The standard InChI is InChI=1S/C18H19BF3NO3.C18H11F3N2O3.C6H4BrNO2/c1-16(2)17(3,4)26-19(25-16)13-6-8-14(9-7-13)24-15-10-5-12(11-23-15)18(20,21)22;19-18(20,21)12-6-9-16(22-10-12)26-13-7-4-11(5-8-13)14-2-1-3-15(23-14)17(24)25;7-5-3-1-2-4(8-5)6(9)10/h5-11H,1-4H3;1-10H,(H,24,25);1-3H,(H,9,10). The van der Waals surface area contributed by atoms with Crippen molar-refractivity contribution in [2.75, 3.05) is 0 Å². The number of halogens is 7. The predicted molar refractivity (Wildman–Crippen MR) is 216 cm³/mol. The Labute approximate surface area is 358 Å². The first kappa shape index (κ1) is 46.7. The van der Waals surface area contributed by atoms with Gasteiger partial charge in [0.15, 0.2) is 0 Å². The van der Waals surface area contributed by atoms with Crippen LogP contribution in [0.4, 0.5) is 26.3 Å². The number of rotatable bonds is 8. The highest BCUT2D eigenvalue weighted by Gasteiger charge is 2.51. The van der Waals surface area contributed by atoms with Gasteiger partial charge in [0.1, 0.15) is 27.5 Å². The van der Waals surface area contributed by atoms with Gasteiger partial charge >= 0.3 is 31.4 Å². The van der Waals surface area contributed by atoms with Crippen LogP contribution < -0.4 is 14.9 Å². The summed E-state index contributed by atoms with van der Waals surface area (Å²) in [4.78, 5) is 36.3. The molecule has 6 aromatic rings. The van der Waals surface area contributed by atoms with Crippen LogP contribution in [0, 0.1) is 0 Å². The van der Waals surface area contributed by atoms with Crippen molar-refractivity contribution in [1.29, 1.82) is 0 Å². The molecule has 7 rings (SSSR count). The molecular formula is C42H34BBrF6N4O8. The van der Waals surface area contributed by atoms with Crippen molar-refractivity contribution in [2.45, 2.75) is 51.2 Å². The molecule has 1 fully saturated rings. The summed E-state index contributed by atoms with van der Waals surface area (Å²) < 4.78 is 98.5. The number of carboxylic acid groups (broad SMARTS) is 2. The average molecular weight is 927 g/mol. The zero-order chi connectivity index (χ0) is 45.5. The second kappa shape index (κ2) is 19.1. The maximum atomic E-state index is 12.5. The molecule has 1 aliphatic heterocycles. The Morgan fingerprint density at radius 3 is 1.44 bits per heavy atom. The van der Waals surface area contributed by atoms with E-state index in [4.69, 9.17) is 29.0 Å². The number of aromatic nitrogens is 4. The number of carboxylic acids is 2. The summed E-state index contributed by atoms with van der Waals surface area (Å²) in [6, 6.07) is 27.0. The number of ether oxygens (including phenoxy) is 2. The topological polar surface area (TPSA) is 163 Å². The lowest BCUT2D eigenvalue weighted by atomic mass is 9.79. The largest absolute Gasteiger partial charge is 0.494 e. The van der Waals surface area contributed by atoms with E-state index >= 15 is 0 Å². The van der Waals surface area contributed by atoms with Gasteiger partial charge in [-0.2, -0.15) is 26.3 Å². The van der Waals surface area contributed by atoms with E-state index in [1.807, 2.05) is 27.7 Å². The molecule has 1 aliphatic rings. The van der Waals surface area contributed by atoms with E-state index in [0.717, 1.165) is 29.9 Å². The molecule has 0 unspecified atom stereocenters. The fraction of sp³-hybridized carbons (Fsp3) is 0.190. The maximum Gasteiger partial charge on any atom is 0.494 e. The van der Waals surface area contributed by atoms with Crippen LogP contribution in [0.15, 0.2) is 126 Å². The number of benzene rings is 2. The molecule has 0 spiro atoms. The summed E-state index contributed by atoms with van der Waals surface area (Å²) in [5.74, 6) is -1.20. The highest BCUT2D eigenvalue weighted by molar-refractivity contribution is 9.10. The number of nitrogens with zero attached hydrogens (tertiary/aromatic N) is 4. The minimum atomic E-state index is -4.45. The fourth-order valence-electron chi connectivity index (χ4n) is 5.07. The van der Waals surface area contributed by atoms with Crippen LogP contribution in [-0.4, -0.2) is 60.4 Å². The van der Waals surface area contributed by atoms with Crippen LogP contribution >= 0.6 is 15.9 Å². The summed E-state index contributed by atoms with van der Waals surface area (Å²) in [5, 5.41) is 17.4. The Bertz CT molecular complexity index is 2460. The van der Waals surface area contributed by atoms with Crippen molar-refractivity contribution in [3.63, 3.8) is 0 Å². The molecule has 1 saturated heterocycles. The number of carbonyl (C=O) groups is 2. The fourth-order valence-corrected chi connectivity index (χ4v) is 5.41. The molecule has 0 radical (unpaired) electrons. The van der Waals surface area contributed by atoms with Gasteiger partial charge in [0, 0.05) is 30.1 Å². The Morgan fingerprint density at radius 1 is 0.613 bits per heavy atom. The van der Waals surface area contributed by atoms with Crippen molar-refractivity contribution in [1.82, 2.24) is 19.9 Å². The highest BCUT2D eigenvalue weighted by Crippen LogP contribution is 2.37. The monoisotopic (exact) mass is 926 g/mol. The third-order valence-electron chi connectivity index (χ3n) is 9.03. The van der Waals surface area contributed by atoms with Gasteiger partial charge in [-0.3, -0.25) is 0 Å². The summed E-state index contributed by atoms with van der Waals surface area (Å²) >= 11 is 3.06. The van der Waals surface area contributed by atoms with Gasteiger partial charge in [-0.25, -0.2) is 29.5 Å². The molecule has 2 N–H and O–H groups in total. The van der Waals surface area contributed by atoms with E-state index in [1.165, 1.54) is 18.2 Å². The zero-order valence-corrected chi connectivity index (χ0v) is 34.5. The minimum Gasteiger partial charge on any atom is -0.477 e. The SMILES string of the molecule is CC1(C)OB(c2ccc(Oc3ccc(C(F)(F)F)cn3)cc2)OC1(C)C.O=C(O)c1cccc(-c2ccc(Oc3ccc(C(F)(F)F)cn3)cc2)n1.O=C(O)c1cccc(Br)n1. The molecule has 5 heterocycles. The normalized spacial score (nSPS) is 14.1. The molecular weight excluding hydrogens is 893 g/mol. The van der Waals surface area contributed by atoms with Gasteiger partial charge in [0.25, 0.3) is 0 Å². The lowest BCUT2D eigenvalue weighted by molar-refractivity contribution is -0.138. The van der Waals surface area contributed by atoms with Gasteiger partial charge in [-0.1, -0.05) is 24.3 Å². The van der Waals surface area contributed by atoms with Crippen LogP contribution in [0.1, 0.15) is 59.8 Å². The molecule has 62 heavy (non-hydrogen) atoms. The predicted octanol–water partition coefficient (Wildman–Crippen LogP) is 10.4. The highest BCUT2D eigenvalue weighted by atomic mass is 79.9. The summed E-state index contributed by atoms with van der Waals surface area (Å²) in [7, 11) is -0.488. The number of hydrogen-bond acceptors (Lipinski definition) is 10. The summed E-state index contributed by atoms with van der Waals surface area (Å²) in [6.45, 7) is 7.89. The van der Waals surface area contributed by atoms with Gasteiger partial charge in [0.05, 0.1) is 28.0 Å². The van der Waals surface area contributed by atoms with Crippen molar-refractivity contribution in [3.05, 3.63) is 149 Å². The third kappa shape index (κ3) is 12.6. The first-order valence-electron chi connectivity index (χ1n) is 18.1. The molecule has 0 aliphatic carbocycles. The molecule has 0 saturated carbocycles. The summed E-state index contributed by atoms with van der Waals surface area (Å²) in [5.41, 5.74) is -0.591. The van der Waals surface area contributed by atoms with Gasteiger partial charge in [-0.05, 0) is 122 Å². The van der Waals surface area contributed by atoms with Crippen LogP contribution in [0.2, 0.25) is 0 Å². The molecule has 12 nitrogen and oxygen atoms in total. The molecule has 2 aromatic carbocycles. The van der Waals surface area contributed by atoms with Crippen LogP contribution in [0.5, 0.6) is 23.3 Å². The lowest BCUT2D eigenvalue weighted by Crippen LogP contribution is -2.41. The van der Waals surface area contributed by atoms with Crippen molar-refractivity contribution >= 4 is 40.4 Å². The van der Waals surface area contributed by atoms with E-state index in [2.05, 4.69) is 35.9 Å². The zero-order valence-electron chi connectivity index (χ0n) is 32.9. The first-order valence-corrected chi connectivity index (χ1v) is 18.8. The van der Waals surface area contributed by atoms with Gasteiger partial charge in [-0.15, -0.1) is 0 Å². The van der Waals surface area contributed by atoms with Gasteiger partial charge in [0.2, 0.25) is 11.8 Å². The second-order valence-corrected chi connectivity index (χ2v) is 14.8. The smallest absolute Gasteiger partial charge is 0.477 e. The van der Waals surface area contributed by atoms with Crippen molar-refractivity contribution < 1.29 is 64.9 Å². The Hall–Kier alpha value is -6.38. The van der Waals surface area contributed by atoms with E-state index in [1.54, 1.807) is 72.8 Å². The number of pyridine rings is 4. The summed E-state index contributed by atoms with van der Waals surface area (Å²) in [6.07, 6.45) is -7.43. The molecule has 322 valence electrons. The molecule has 4 aromatic heterocycles. The van der Waals surface area contributed by atoms with E-state index in [-0.39, 0.29) is 23.1 Å². The Kier molecular flexibility index (Phi) is 14.4. The maximum absolute atomic E-state index is 12.5. The molecule has 0 atom stereocenters. The van der Waals surface area contributed by atoms with Crippen LogP contribution in [0.25, 0.3) is 11.3 Å². The van der Waals surface area contributed by atoms with E-state index in [0.29, 0.717) is 33.6 Å². The number of aromatic carboxylic acids is 2. The molecule has 20 heteroatoms. The lowest BCUT2D eigenvalue weighted by Gasteiger charge is -2.32.